The van der Waals surface area contributed by atoms with E-state index in [-0.39, 0.29) is 20.1 Å². The zero-order valence-corrected chi connectivity index (χ0v) is 11.5. The van der Waals surface area contributed by atoms with Gasteiger partial charge in [0.05, 0.1) is 6.26 Å². The zero-order chi connectivity index (χ0) is 11.7. The molecule has 95 valence electrons. The third-order valence-corrected chi connectivity index (χ3v) is 0.723. The molecule has 4 nitrogen and oxygen atoms in total. The second kappa shape index (κ2) is 37.2. The van der Waals surface area contributed by atoms with E-state index in [0.717, 1.165) is 25.5 Å². The molecule has 0 fully saturated rings. The molecule has 0 aromatic heterocycles. The number of nitrogens with zero attached hydrogens (tertiary/aromatic N) is 1. The molecule has 0 rings (SSSR count). The smallest absolute Gasteiger partial charge is 0.145 e. The van der Waals surface area contributed by atoms with Gasteiger partial charge in [0.15, 0.2) is 0 Å². The maximum Gasteiger partial charge on any atom is 0.145 e. The Kier molecular flexibility index (Phi) is 59.9. The zero-order valence-electron chi connectivity index (χ0n) is 9.11. The van der Waals surface area contributed by atoms with Crippen LogP contribution in [0.2, 0.25) is 0 Å². The van der Waals surface area contributed by atoms with E-state index in [1.807, 2.05) is 0 Å². The summed E-state index contributed by atoms with van der Waals surface area (Å²) in [5.41, 5.74) is 6.39. The largest absolute Gasteiger partial charge is 0.679 e. The SMILES string of the molecule is O=C/C=C\O.[CH2-]CC[N-]C.[CH2-]CC[NH-].[Ir]. The van der Waals surface area contributed by atoms with E-state index >= 15 is 0 Å². The summed E-state index contributed by atoms with van der Waals surface area (Å²) in [7, 11) is 1.80. The summed E-state index contributed by atoms with van der Waals surface area (Å²) in [6.07, 6.45) is 3.85. The minimum Gasteiger partial charge on any atom is -0.679 e. The Morgan fingerprint density at radius 3 is 1.87 bits per heavy atom. The van der Waals surface area contributed by atoms with Crippen molar-refractivity contribution in [3.63, 3.8) is 0 Å². The van der Waals surface area contributed by atoms with Crippen molar-refractivity contribution in [2.75, 3.05) is 20.1 Å². The minimum absolute atomic E-state index is 0. The second-order valence-electron chi connectivity index (χ2n) is 1.97. The van der Waals surface area contributed by atoms with Crippen LogP contribution in [0.15, 0.2) is 12.3 Å². The third kappa shape index (κ3) is 83.7. The van der Waals surface area contributed by atoms with Gasteiger partial charge in [-0.05, 0) is 0 Å². The van der Waals surface area contributed by atoms with Crippen LogP contribution in [0.3, 0.4) is 0 Å². The van der Waals surface area contributed by atoms with Crippen LogP contribution in [0.1, 0.15) is 12.8 Å². The predicted octanol–water partition coefficient (Wildman–Crippen LogP) is 2.73. The number of hydrogen-bond acceptors (Lipinski definition) is 2. The normalized spacial score (nSPS) is 7.73. The number of aliphatic hydroxyl groups is 1. The van der Waals surface area contributed by atoms with Crippen molar-refractivity contribution in [1.29, 1.82) is 0 Å². The van der Waals surface area contributed by atoms with E-state index in [9.17, 15) is 0 Å². The molecule has 0 atom stereocenters. The second-order valence-corrected chi connectivity index (χ2v) is 1.97. The van der Waals surface area contributed by atoms with Gasteiger partial charge in [0.1, 0.15) is 6.29 Å². The van der Waals surface area contributed by atoms with Crippen LogP contribution in [-0.2, 0) is 24.9 Å². The molecule has 0 spiro atoms. The van der Waals surface area contributed by atoms with Crippen LogP contribution in [0, 0.1) is 13.8 Å². The molecule has 0 saturated heterocycles. The first-order chi connectivity index (χ1) is 6.74. The van der Waals surface area contributed by atoms with Gasteiger partial charge in [0.25, 0.3) is 0 Å². The van der Waals surface area contributed by atoms with E-state index < -0.39 is 0 Å². The van der Waals surface area contributed by atoms with E-state index in [1.54, 1.807) is 7.05 Å². The third-order valence-electron chi connectivity index (χ3n) is 0.723. The van der Waals surface area contributed by atoms with Gasteiger partial charge >= 0.3 is 0 Å². The topological polar surface area (TPSA) is 75.2 Å². The summed E-state index contributed by atoms with van der Waals surface area (Å²) in [5.74, 6) is 0. The van der Waals surface area contributed by atoms with E-state index in [0.29, 0.717) is 19.1 Å². The van der Waals surface area contributed by atoms with Crippen LogP contribution >= 0.6 is 0 Å². The predicted molar refractivity (Wildman–Crippen MR) is 61.1 cm³/mol. The summed E-state index contributed by atoms with van der Waals surface area (Å²) >= 11 is 0. The molecule has 0 saturated carbocycles. The van der Waals surface area contributed by atoms with Gasteiger partial charge in [-0.1, -0.05) is 0 Å². The fourth-order valence-electron chi connectivity index (χ4n) is 0.193. The molecule has 0 amide bonds. The number of carbonyl (C=O) groups is 1. The van der Waals surface area contributed by atoms with Gasteiger partial charge in [-0.25, -0.2) is 12.8 Å². The van der Waals surface area contributed by atoms with Gasteiger partial charge in [-0.15, -0.1) is 0 Å². The average Bonchev–Trinajstić information content (AvgIpc) is 2.22. The first kappa shape index (κ1) is 24.2. The monoisotopic (exact) mass is 393 g/mol. The van der Waals surface area contributed by atoms with Crippen LogP contribution in [0.5, 0.6) is 0 Å². The van der Waals surface area contributed by atoms with Crippen LogP contribution < -0.4 is 0 Å². The number of carbonyl (C=O) groups excluding carboxylic acids is 1. The molecule has 5 heteroatoms. The molecule has 2 N–H and O–H groups in total. The molecule has 0 aromatic rings. The minimum atomic E-state index is 0. The maximum absolute atomic E-state index is 9.16. The molecule has 1 radical (unpaired) electrons. The summed E-state index contributed by atoms with van der Waals surface area (Å²) in [6, 6.07) is 0. The van der Waals surface area contributed by atoms with Gasteiger partial charge in [-0.2, -0.15) is 20.1 Å². The number of rotatable bonds is 4. The Hall–Kier alpha value is -0.221. The number of allylic oxidation sites excluding steroid dienone is 1. The first-order valence-corrected chi connectivity index (χ1v) is 4.28. The number of hydrogen-bond donors (Lipinski definition) is 1. The van der Waals surface area contributed by atoms with Crippen molar-refractivity contribution in [2.24, 2.45) is 0 Å². The molecule has 0 aromatic carbocycles. The van der Waals surface area contributed by atoms with E-state index in [4.69, 9.17) is 15.6 Å². The summed E-state index contributed by atoms with van der Waals surface area (Å²) in [5, 5.41) is 11.4. The van der Waals surface area contributed by atoms with Gasteiger partial charge in [-0.3, -0.25) is 4.79 Å². The fourth-order valence-corrected chi connectivity index (χ4v) is 0.193. The van der Waals surface area contributed by atoms with Crippen molar-refractivity contribution in [2.45, 2.75) is 12.8 Å². The molecule has 15 heavy (non-hydrogen) atoms. The summed E-state index contributed by atoms with van der Waals surface area (Å²) in [6.45, 7) is 8.36. The van der Waals surface area contributed by atoms with Crippen molar-refractivity contribution < 1.29 is 30.0 Å². The number of nitrogens with one attached hydrogen (secondary N) is 1. The Morgan fingerprint density at radius 1 is 1.40 bits per heavy atom. The Balaban J connectivity index is -0.0000000590. The van der Waals surface area contributed by atoms with Crippen LogP contribution in [0.4, 0.5) is 0 Å². The standard InChI is InChI=1S/C4H9N.C3H7N.C3H4O2.Ir/c1-3-4-5-2;1-2-3-4;4-2-1-3-5;/h1,3-4H2,2H3;4H,1-3H2;1-4H;/q2*-2;;/b;;2-1-;. The number of aliphatic hydroxyl groups excluding tert-OH is 1. The summed E-state index contributed by atoms with van der Waals surface area (Å²) < 4.78 is 0. The molecular formula is C10H20IrN2O2-4. The Bertz CT molecular complexity index is 108. The molecule has 0 aliphatic heterocycles. The maximum atomic E-state index is 9.16. The summed E-state index contributed by atoms with van der Waals surface area (Å²) in [4.78, 5) is 9.16. The van der Waals surface area contributed by atoms with Crippen molar-refractivity contribution in [3.05, 3.63) is 37.2 Å². The molecule has 0 aliphatic carbocycles. The molecular weight excluding hydrogens is 372 g/mol. The Morgan fingerprint density at radius 2 is 1.87 bits per heavy atom. The first-order valence-electron chi connectivity index (χ1n) is 4.28. The van der Waals surface area contributed by atoms with Crippen LogP contribution in [0.25, 0.3) is 11.1 Å². The molecule has 0 bridgehead atoms. The van der Waals surface area contributed by atoms with Crippen molar-refractivity contribution in [3.8, 4) is 0 Å². The molecule has 0 unspecified atom stereocenters. The van der Waals surface area contributed by atoms with Crippen LogP contribution in [-0.4, -0.2) is 31.5 Å². The van der Waals surface area contributed by atoms with E-state index in [2.05, 4.69) is 19.2 Å². The Labute approximate surface area is 107 Å². The van der Waals surface area contributed by atoms with Gasteiger partial charge in [0.2, 0.25) is 0 Å². The fraction of sp³-hybridized carbons (Fsp3) is 0.500. The quantitative estimate of drug-likeness (QED) is 0.346. The molecule has 0 heterocycles. The number of aldehydes is 1. The van der Waals surface area contributed by atoms with Crippen molar-refractivity contribution in [1.82, 2.24) is 0 Å². The van der Waals surface area contributed by atoms with Gasteiger partial charge < -0.3 is 30.0 Å². The van der Waals surface area contributed by atoms with Gasteiger partial charge in [0, 0.05) is 26.2 Å². The molecule has 0 aliphatic rings. The van der Waals surface area contributed by atoms with E-state index in [1.165, 1.54) is 0 Å². The average molecular weight is 392 g/mol. The van der Waals surface area contributed by atoms with Crippen molar-refractivity contribution >= 4 is 6.29 Å².